The Morgan fingerprint density at radius 1 is 1.40 bits per heavy atom. The summed E-state index contributed by atoms with van der Waals surface area (Å²) in [5.74, 6) is 0.689. The molecule has 0 aliphatic rings. The van der Waals surface area contributed by atoms with Gasteiger partial charge in [0.2, 0.25) is 0 Å². The van der Waals surface area contributed by atoms with E-state index in [4.69, 9.17) is 0 Å². The molecule has 1 atom stereocenters. The molecule has 0 rings (SSSR count). The van der Waals surface area contributed by atoms with Crippen LogP contribution in [0.15, 0.2) is 37.0 Å². The van der Waals surface area contributed by atoms with Crippen molar-refractivity contribution in [2.24, 2.45) is 0 Å². The van der Waals surface area contributed by atoms with Crippen LogP contribution in [0.25, 0.3) is 0 Å². The second-order valence-electron chi connectivity index (χ2n) is 2.39. The van der Waals surface area contributed by atoms with Gasteiger partial charge < -0.3 is 0 Å². The van der Waals surface area contributed by atoms with E-state index in [1.165, 1.54) is 6.42 Å². The molecular weight excluding hydrogens is 119 g/mol. The molecule has 0 aromatic heterocycles. The highest BCUT2D eigenvalue weighted by atomic mass is 13.8. The van der Waals surface area contributed by atoms with Gasteiger partial charge in [0.05, 0.1) is 0 Å². The van der Waals surface area contributed by atoms with E-state index >= 15 is 0 Å². The van der Waals surface area contributed by atoms with Gasteiger partial charge in [0.25, 0.3) is 0 Å². The number of allylic oxidation sites excluding steroid dienone is 5. The minimum Gasteiger partial charge on any atom is -0.0991 e. The maximum absolute atomic E-state index is 3.58. The lowest BCUT2D eigenvalue weighted by atomic mass is 9.85. The van der Waals surface area contributed by atoms with Gasteiger partial charge in [-0.05, 0) is 0 Å². The molecule has 0 spiro atoms. The lowest BCUT2D eigenvalue weighted by Crippen LogP contribution is -1.81. The molecule has 0 aromatic carbocycles. The maximum atomic E-state index is 3.58. The van der Waals surface area contributed by atoms with Crippen LogP contribution in [0.2, 0.25) is 5.82 Å². The van der Waals surface area contributed by atoms with Crippen LogP contribution in [0.4, 0.5) is 0 Å². The largest absolute Gasteiger partial charge is 0.110 e. The zero-order valence-corrected chi connectivity index (χ0v) is 6.88. The van der Waals surface area contributed by atoms with Gasteiger partial charge in [-0.3, -0.25) is 0 Å². The molecular formula is C9H15B. The highest BCUT2D eigenvalue weighted by Crippen LogP contribution is 2.04. The second-order valence-corrected chi connectivity index (χ2v) is 2.39. The first kappa shape index (κ1) is 9.28. The van der Waals surface area contributed by atoms with Crippen molar-refractivity contribution in [1.29, 1.82) is 0 Å². The fourth-order valence-corrected chi connectivity index (χ4v) is 0.533. The molecule has 0 amide bonds. The molecule has 10 heavy (non-hydrogen) atoms. The van der Waals surface area contributed by atoms with Crippen LogP contribution in [0.1, 0.15) is 13.3 Å². The average molecular weight is 134 g/mol. The predicted octanol–water partition coefficient (Wildman–Crippen LogP) is 2.12. The van der Waals surface area contributed by atoms with Crippen molar-refractivity contribution in [3.63, 3.8) is 0 Å². The van der Waals surface area contributed by atoms with E-state index in [2.05, 4.69) is 33.5 Å². The fourth-order valence-electron chi connectivity index (χ4n) is 0.533. The number of rotatable bonds is 4. The van der Waals surface area contributed by atoms with Gasteiger partial charge in [-0.25, -0.2) is 0 Å². The van der Waals surface area contributed by atoms with Crippen LogP contribution < -0.4 is 0 Å². The molecule has 0 N–H and O–H groups in total. The van der Waals surface area contributed by atoms with E-state index in [1.807, 2.05) is 12.2 Å². The van der Waals surface area contributed by atoms with E-state index in [1.54, 1.807) is 6.08 Å². The summed E-state index contributed by atoms with van der Waals surface area (Å²) in [6.45, 7) is 5.76. The minimum atomic E-state index is 0.689. The molecule has 1 unspecified atom stereocenters. The van der Waals surface area contributed by atoms with E-state index in [9.17, 15) is 0 Å². The minimum absolute atomic E-state index is 0.689. The molecule has 0 heterocycles. The Morgan fingerprint density at radius 3 is 2.60 bits per heavy atom. The quantitative estimate of drug-likeness (QED) is 0.408. The Labute approximate surface area is 64.7 Å². The van der Waals surface area contributed by atoms with Crippen LogP contribution in [-0.2, 0) is 0 Å². The van der Waals surface area contributed by atoms with Gasteiger partial charge in [0, 0.05) is 0 Å². The third-order valence-electron chi connectivity index (χ3n) is 1.44. The summed E-state index contributed by atoms with van der Waals surface area (Å²) in [7, 11) is 2.21. The van der Waals surface area contributed by atoms with Crippen LogP contribution in [0.5, 0.6) is 0 Å². The molecule has 54 valence electrons. The van der Waals surface area contributed by atoms with E-state index < -0.39 is 0 Å². The van der Waals surface area contributed by atoms with Gasteiger partial charge in [-0.1, -0.05) is 56.1 Å². The van der Waals surface area contributed by atoms with E-state index in [-0.39, 0.29) is 0 Å². The third kappa shape index (κ3) is 5.42. The third-order valence-corrected chi connectivity index (χ3v) is 1.44. The molecule has 0 radical (unpaired) electrons. The lowest BCUT2D eigenvalue weighted by molar-refractivity contribution is 0.953. The molecule has 0 aromatic rings. The van der Waals surface area contributed by atoms with Gasteiger partial charge in [0.1, 0.15) is 7.85 Å². The van der Waals surface area contributed by atoms with Crippen molar-refractivity contribution in [2.75, 3.05) is 0 Å². The van der Waals surface area contributed by atoms with Gasteiger partial charge in [-0.2, -0.15) is 0 Å². The highest BCUT2D eigenvalue weighted by Gasteiger charge is 1.87. The smallest absolute Gasteiger partial charge is 0.0991 e. The van der Waals surface area contributed by atoms with Crippen LogP contribution in [0.3, 0.4) is 0 Å². The first-order chi connectivity index (χ1) is 4.81. The van der Waals surface area contributed by atoms with Gasteiger partial charge >= 0.3 is 0 Å². The standard InChI is InChI=1S/C9H15B/c1-3-5-6-7-8-9(10)4-2/h3,5-9H,1,4,10H2,2H3/b6-5-,8-7+. The summed E-state index contributed by atoms with van der Waals surface area (Å²) in [4.78, 5) is 0. The number of hydrogen-bond donors (Lipinski definition) is 0. The maximum Gasteiger partial charge on any atom is 0.110 e. The van der Waals surface area contributed by atoms with Crippen LogP contribution in [-0.4, -0.2) is 7.85 Å². The molecule has 1 heteroatoms. The number of hydrogen-bond acceptors (Lipinski definition) is 0. The van der Waals surface area contributed by atoms with Gasteiger partial charge in [-0.15, -0.1) is 0 Å². The van der Waals surface area contributed by atoms with Crippen LogP contribution >= 0.6 is 0 Å². The SMILES string of the molecule is BC(/C=C/C=C\C=C)CC. The Balaban J connectivity index is 3.54. The Hall–Kier alpha value is -0.715. The highest BCUT2D eigenvalue weighted by molar-refractivity contribution is 6.12. The molecule has 0 aliphatic heterocycles. The summed E-state index contributed by atoms with van der Waals surface area (Å²) in [5, 5.41) is 0. The van der Waals surface area contributed by atoms with E-state index in [0.717, 1.165) is 0 Å². The van der Waals surface area contributed by atoms with Gasteiger partial charge in [0.15, 0.2) is 0 Å². The summed E-state index contributed by atoms with van der Waals surface area (Å²) in [5.41, 5.74) is 0. The fraction of sp³-hybridized carbons (Fsp3) is 0.333. The zero-order chi connectivity index (χ0) is 7.82. The molecule has 0 aliphatic carbocycles. The second kappa shape index (κ2) is 6.41. The summed E-state index contributed by atoms with van der Waals surface area (Å²) in [6, 6.07) is 0. The summed E-state index contributed by atoms with van der Waals surface area (Å²) in [6.07, 6.45) is 11.2. The molecule has 0 saturated carbocycles. The normalized spacial score (nSPS) is 14.5. The van der Waals surface area contributed by atoms with E-state index in [0.29, 0.717) is 5.82 Å². The Kier molecular flexibility index (Phi) is 5.95. The zero-order valence-electron chi connectivity index (χ0n) is 6.88. The first-order valence-corrected chi connectivity index (χ1v) is 3.77. The Morgan fingerprint density at radius 2 is 2.10 bits per heavy atom. The molecule has 0 saturated heterocycles. The van der Waals surface area contributed by atoms with Crippen molar-refractivity contribution < 1.29 is 0 Å². The van der Waals surface area contributed by atoms with Crippen LogP contribution in [0, 0.1) is 0 Å². The molecule has 0 nitrogen and oxygen atoms in total. The topological polar surface area (TPSA) is 0 Å². The Bertz CT molecular complexity index is 134. The summed E-state index contributed by atoms with van der Waals surface area (Å²) >= 11 is 0. The van der Waals surface area contributed by atoms with Crippen molar-refractivity contribution in [2.45, 2.75) is 19.2 Å². The van der Waals surface area contributed by atoms with Crippen molar-refractivity contribution >= 4 is 7.85 Å². The van der Waals surface area contributed by atoms with Crippen molar-refractivity contribution in [3.8, 4) is 0 Å². The van der Waals surface area contributed by atoms with Crippen molar-refractivity contribution in [3.05, 3.63) is 37.0 Å². The first-order valence-electron chi connectivity index (χ1n) is 3.77. The molecule has 0 bridgehead atoms. The molecule has 0 fully saturated rings. The summed E-state index contributed by atoms with van der Waals surface area (Å²) < 4.78 is 0. The monoisotopic (exact) mass is 134 g/mol. The lowest BCUT2D eigenvalue weighted by Gasteiger charge is -1.95. The van der Waals surface area contributed by atoms with Crippen molar-refractivity contribution in [1.82, 2.24) is 0 Å². The predicted molar refractivity (Wildman–Crippen MR) is 51.1 cm³/mol. The average Bonchev–Trinajstić information content (AvgIpc) is 1.98.